The zero-order valence-electron chi connectivity index (χ0n) is 12.5. The van der Waals surface area contributed by atoms with E-state index in [4.69, 9.17) is 16.6 Å². The third-order valence-corrected chi connectivity index (χ3v) is 4.17. The third kappa shape index (κ3) is 2.23. The van der Waals surface area contributed by atoms with E-state index in [0.717, 1.165) is 29.1 Å². The van der Waals surface area contributed by atoms with E-state index >= 15 is 0 Å². The second-order valence-corrected chi connectivity index (χ2v) is 5.48. The Morgan fingerprint density at radius 1 is 1.24 bits per heavy atom. The quantitative estimate of drug-likeness (QED) is 0.689. The second-order valence-electron chi connectivity index (χ2n) is 5.21. The maximum atomic E-state index is 6.13. The highest BCUT2D eigenvalue weighted by Crippen LogP contribution is 2.28. The summed E-state index contributed by atoms with van der Waals surface area (Å²) in [6.07, 6.45) is 0.871. The fourth-order valence-corrected chi connectivity index (χ4v) is 3.06. The molecule has 3 rings (SSSR count). The molecule has 21 heavy (non-hydrogen) atoms. The largest absolute Gasteiger partial charge is 0.305 e. The number of rotatable bonds is 4. The Morgan fingerprint density at radius 3 is 2.57 bits per heavy atom. The smallest absolute Gasteiger partial charge is 0.159 e. The van der Waals surface area contributed by atoms with E-state index in [1.807, 2.05) is 17.8 Å². The van der Waals surface area contributed by atoms with Crippen LogP contribution in [0.1, 0.15) is 37.0 Å². The molecule has 0 spiro atoms. The molecule has 0 radical (unpaired) electrons. The van der Waals surface area contributed by atoms with Crippen LogP contribution in [0.15, 0.2) is 30.3 Å². The number of imidazole rings is 1. The van der Waals surface area contributed by atoms with Gasteiger partial charge < -0.3 is 4.57 Å². The van der Waals surface area contributed by atoms with Crippen molar-refractivity contribution >= 4 is 22.8 Å². The Hall–Kier alpha value is -1.81. The van der Waals surface area contributed by atoms with E-state index in [-0.39, 0.29) is 6.04 Å². The van der Waals surface area contributed by atoms with Crippen LogP contribution in [0.2, 0.25) is 0 Å². The molecule has 5 heteroatoms. The minimum absolute atomic E-state index is 0.171. The molecular weight excluding hydrogens is 284 g/mol. The van der Waals surface area contributed by atoms with E-state index in [1.54, 1.807) is 0 Å². The van der Waals surface area contributed by atoms with E-state index in [0.29, 0.717) is 5.88 Å². The van der Waals surface area contributed by atoms with Crippen LogP contribution in [0.4, 0.5) is 0 Å². The number of halogens is 1. The number of benzene rings is 1. The van der Waals surface area contributed by atoms with Crippen LogP contribution in [0, 0.1) is 0 Å². The van der Waals surface area contributed by atoms with Gasteiger partial charge in [0.1, 0.15) is 11.3 Å². The summed E-state index contributed by atoms with van der Waals surface area (Å²) >= 11 is 6.13. The van der Waals surface area contributed by atoms with Gasteiger partial charge in [-0.2, -0.15) is 5.10 Å². The molecule has 2 aromatic heterocycles. The molecule has 0 aliphatic rings. The summed E-state index contributed by atoms with van der Waals surface area (Å²) < 4.78 is 4.11. The number of hydrogen-bond donors (Lipinski definition) is 0. The summed E-state index contributed by atoms with van der Waals surface area (Å²) in [7, 11) is 1.97. The van der Waals surface area contributed by atoms with Gasteiger partial charge in [-0.25, -0.2) is 4.98 Å². The number of nitrogens with zero attached hydrogens (tertiary/aromatic N) is 4. The van der Waals surface area contributed by atoms with Gasteiger partial charge in [-0.3, -0.25) is 4.68 Å². The van der Waals surface area contributed by atoms with E-state index in [1.165, 1.54) is 5.56 Å². The fraction of sp³-hybridized carbons (Fsp3) is 0.375. The lowest BCUT2D eigenvalue weighted by molar-refractivity contribution is 0.607. The standard InChI is InChI=1S/C16H19ClN4/c1-4-13-15-16(20(3)19-13)21(14(10-17)18-15)11(2)12-8-6-5-7-9-12/h5-9,11H,4,10H2,1-3H3. The molecule has 2 heterocycles. The first-order valence-electron chi connectivity index (χ1n) is 7.21. The first kappa shape index (κ1) is 14.1. The van der Waals surface area contributed by atoms with Crippen molar-refractivity contribution in [1.82, 2.24) is 19.3 Å². The summed E-state index contributed by atoms with van der Waals surface area (Å²) in [5.74, 6) is 1.29. The number of hydrogen-bond acceptors (Lipinski definition) is 2. The van der Waals surface area contributed by atoms with Crippen LogP contribution in [0.5, 0.6) is 0 Å². The molecule has 0 aliphatic heterocycles. The normalized spacial score (nSPS) is 13.0. The molecule has 3 aromatic rings. The highest BCUT2D eigenvalue weighted by atomic mass is 35.5. The first-order valence-corrected chi connectivity index (χ1v) is 7.74. The average Bonchev–Trinajstić information content (AvgIpc) is 3.05. The second kappa shape index (κ2) is 5.53. The summed E-state index contributed by atoms with van der Waals surface area (Å²) in [4.78, 5) is 4.72. The van der Waals surface area contributed by atoms with Crippen LogP contribution < -0.4 is 0 Å². The molecule has 0 saturated heterocycles. The first-order chi connectivity index (χ1) is 10.2. The molecule has 0 amide bonds. The summed E-state index contributed by atoms with van der Waals surface area (Å²) in [5, 5.41) is 4.57. The molecule has 1 unspecified atom stereocenters. The van der Waals surface area contributed by atoms with Gasteiger partial charge in [0.2, 0.25) is 0 Å². The monoisotopic (exact) mass is 302 g/mol. The molecule has 0 aliphatic carbocycles. The lowest BCUT2D eigenvalue weighted by Gasteiger charge is -2.17. The van der Waals surface area contributed by atoms with Crippen molar-refractivity contribution in [1.29, 1.82) is 0 Å². The minimum atomic E-state index is 0.171. The summed E-state index contributed by atoms with van der Waals surface area (Å²) in [6, 6.07) is 10.6. The number of alkyl halides is 1. The van der Waals surface area contributed by atoms with Crippen LogP contribution in [0.3, 0.4) is 0 Å². The summed E-state index contributed by atoms with van der Waals surface area (Å²) in [6.45, 7) is 4.27. The summed E-state index contributed by atoms with van der Waals surface area (Å²) in [5.41, 5.74) is 4.28. The molecular formula is C16H19ClN4. The van der Waals surface area contributed by atoms with Gasteiger partial charge in [0.05, 0.1) is 17.6 Å². The topological polar surface area (TPSA) is 35.6 Å². The Morgan fingerprint density at radius 2 is 1.95 bits per heavy atom. The highest BCUT2D eigenvalue weighted by molar-refractivity contribution is 6.16. The van der Waals surface area contributed by atoms with Gasteiger partial charge in [-0.15, -0.1) is 11.6 Å². The maximum absolute atomic E-state index is 6.13. The lowest BCUT2D eigenvalue weighted by Crippen LogP contribution is -2.12. The van der Waals surface area contributed by atoms with Gasteiger partial charge in [-0.05, 0) is 18.9 Å². The zero-order chi connectivity index (χ0) is 15.0. The number of aryl methyl sites for hydroxylation is 2. The van der Waals surface area contributed by atoms with Gasteiger partial charge in [0.25, 0.3) is 0 Å². The fourth-order valence-electron chi connectivity index (χ4n) is 2.87. The van der Waals surface area contributed by atoms with Crippen molar-refractivity contribution in [3.8, 4) is 0 Å². The molecule has 0 N–H and O–H groups in total. The number of aromatic nitrogens is 4. The molecule has 4 nitrogen and oxygen atoms in total. The van der Waals surface area contributed by atoms with Crippen LogP contribution in [-0.4, -0.2) is 19.3 Å². The van der Waals surface area contributed by atoms with Crippen molar-refractivity contribution in [2.75, 3.05) is 0 Å². The van der Waals surface area contributed by atoms with Crippen molar-refractivity contribution in [3.63, 3.8) is 0 Å². The predicted octanol–water partition coefficient (Wildman–Crippen LogP) is 3.68. The SMILES string of the molecule is CCc1nn(C)c2c1nc(CCl)n2C(C)c1ccccc1. The van der Waals surface area contributed by atoms with Gasteiger partial charge in [0, 0.05) is 7.05 Å². The molecule has 0 fully saturated rings. The zero-order valence-corrected chi connectivity index (χ0v) is 13.3. The van der Waals surface area contributed by atoms with Crippen molar-refractivity contribution in [3.05, 3.63) is 47.4 Å². The van der Waals surface area contributed by atoms with E-state index in [2.05, 4.69) is 47.8 Å². The molecule has 0 saturated carbocycles. The van der Waals surface area contributed by atoms with Crippen LogP contribution in [0.25, 0.3) is 11.2 Å². The lowest BCUT2D eigenvalue weighted by atomic mass is 10.1. The van der Waals surface area contributed by atoms with E-state index in [9.17, 15) is 0 Å². The molecule has 110 valence electrons. The van der Waals surface area contributed by atoms with Gasteiger partial charge in [0.15, 0.2) is 5.65 Å². The van der Waals surface area contributed by atoms with Crippen LogP contribution in [-0.2, 0) is 19.3 Å². The average molecular weight is 303 g/mol. The molecule has 0 bridgehead atoms. The predicted molar refractivity (Wildman–Crippen MR) is 85.7 cm³/mol. The van der Waals surface area contributed by atoms with Crippen molar-refractivity contribution in [2.45, 2.75) is 32.2 Å². The number of fused-ring (bicyclic) bond motifs is 1. The molecule has 1 aromatic carbocycles. The Balaban J connectivity index is 2.23. The van der Waals surface area contributed by atoms with Gasteiger partial charge in [-0.1, -0.05) is 37.3 Å². The Bertz CT molecular complexity index is 758. The third-order valence-electron chi connectivity index (χ3n) is 3.93. The maximum Gasteiger partial charge on any atom is 0.159 e. The Kier molecular flexibility index (Phi) is 3.72. The van der Waals surface area contributed by atoms with Crippen molar-refractivity contribution < 1.29 is 0 Å². The minimum Gasteiger partial charge on any atom is -0.305 e. The van der Waals surface area contributed by atoms with Crippen molar-refractivity contribution in [2.24, 2.45) is 7.05 Å². The van der Waals surface area contributed by atoms with Crippen LogP contribution >= 0.6 is 11.6 Å². The Labute approximate surface area is 129 Å². The van der Waals surface area contributed by atoms with Gasteiger partial charge >= 0.3 is 0 Å². The van der Waals surface area contributed by atoms with E-state index < -0.39 is 0 Å². The highest BCUT2D eigenvalue weighted by Gasteiger charge is 2.22. The molecule has 1 atom stereocenters.